The number of hydrogen-bond acceptors (Lipinski definition) is 4. The van der Waals surface area contributed by atoms with E-state index in [1.807, 2.05) is 25.1 Å². The summed E-state index contributed by atoms with van der Waals surface area (Å²) in [5.74, 6) is -0.451. The van der Waals surface area contributed by atoms with Crippen LogP contribution in [0.5, 0.6) is 0 Å². The normalized spacial score (nSPS) is 18.2. The third-order valence-corrected chi connectivity index (χ3v) is 6.02. The van der Waals surface area contributed by atoms with Gasteiger partial charge >= 0.3 is 5.97 Å². The average molecular weight is 394 g/mol. The van der Waals surface area contributed by atoms with Gasteiger partial charge in [0.1, 0.15) is 5.57 Å². The molecule has 0 atom stereocenters. The molecule has 1 saturated carbocycles. The summed E-state index contributed by atoms with van der Waals surface area (Å²) in [6.45, 7) is 1.88. The van der Waals surface area contributed by atoms with E-state index in [1.54, 1.807) is 18.2 Å². The van der Waals surface area contributed by atoms with E-state index in [0.717, 1.165) is 36.0 Å². The maximum Gasteiger partial charge on any atom is 0.343 e. The predicted molar refractivity (Wildman–Crippen MR) is 108 cm³/mol. The highest BCUT2D eigenvalue weighted by Gasteiger charge is 2.49. The molecule has 0 aromatic heterocycles. The zero-order valence-corrected chi connectivity index (χ0v) is 16.3. The van der Waals surface area contributed by atoms with Crippen LogP contribution in [-0.2, 0) is 9.53 Å². The molecule has 142 valence electrons. The lowest BCUT2D eigenvalue weighted by Gasteiger charge is -2.31. The van der Waals surface area contributed by atoms with Gasteiger partial charge in [0.05, 0.1) is 11.6 Å². The summed E-state index contributed by atoms with van der Waals surface area (Å²) >= 11 is 6.54. The van der Waals surface area contributed by atoms with E-state index in [4.69, 9.17) is 21.6 Å². The first-order valence-electron chi connectivity index (χ1n) is 9.43. The van der Waals surface area contributed by atoms with Crippen molar-refractivity contribution in [3.05, 3.63) is 63.9 Å². The third kappa shape index (κ3) is 2.96. The third-order valence-electron chi connectivity index (χ3n) is 5.71. The number of carbonyl (C=O) groups is 1. The number of hydrogen-bond donors (Lipinski definition) is 1. The van der Waals surface area contributed by atoms with Gasteiger partial charge < -0.3 is 9.84 Å². The second-order valence-electron chi connectivity index (χ2n) is 7.51. The molecular weight excluding hydrogens is 374 g/mol. The van der Waals surface area contributed by atoms with Gasteiger partial charge in [0.25, 0.3) is 0 Å². The molecule has 1 aliphatic carbocycles. The van der Waals surface area contributed by atoms with Crippen LogP contribution < -0.4 is 0 Å². The Morgan fingerprint density at radius 2 is 1.89 bits per heavy atom. The van der Waals surface area contributed by atoms with Crippen molar-refractivity contribution in [2.45, 2.75) is 44.6 Å². The van der Waals surface area contributed by atoms with Gasteiger partial charge in [-0.25, -0.2) is 4.79 Å². The minimum absolute atomic E-state index is 0.0376. The highest BCUT2D eigenvalue weighted by atomic mass is 35.5. The van der Waals surface area contributed by atoms with Crippen LogP contribution in [0.15, 0.2) is 42.2 Å². The van der Waals surface area contributed by atoms with E-state index >= 15 is 0 Å². The maximum absolute atomic E-state index is 12.6. The van der Waals surface area contributed by atoms with Crippen molar-refractivity contribution in [1.82, 2.24) is 0 Å². The van der Waals surface area contributed by atoms with Gasteiger partial charge in [0, 0.05) is 10.6 Å². The second kappa shape index (κ2) is 7.00. The van der Waals surface area contributed by atoms with Crippen LogP contribution in [0.3, 0.4) is 0 Å². The Bertz CT molecular complexity index is 1040. The van der Waals surface area contributed by atoms with Crippen molar-refractivity contribution >= 4 is 23.1 Å². The molecule has 0 bridgehead atoms. The van der Waals surface area contributed by atoms with Crippen LogP contribution in [0.2, 0.25) is 5.02 Å². The lowest BCUT2D eigenvalue weighted by molar-refractivity contribution is -0.149. The first-order chi connectivity index (χ1) is 13.4. The Morgan fingerprint density at radius 3 is 2.61 bits per heavy atom. The highest BCUT2D eigenvalue weighted by molar-refractivity contribution is 6.34. The molecule has 2 aromatic rings. The van der Waals surface area contributed by atoms with Gasteiger partial charge in [-0.05, 0) is 73.6 Å². The molecule has 2 aliphatic rings. The van der Waals surface area contributed by atoms with Gasteiger partial charge in [-0.1, -0.05) is 30.2 Å². The van der Waals surface area contributed by atoms with Crippen molar-refractivity contribution in [3.63, 3.8) is 0 Å². The topological polar surface area (TPSA) is 70.3 Å². The van der Waals surface area contributed by atoms with Gasteiger partial charge in [0.15, 0.2) is 11.4 Å². The minimum Gasteiger partial charge on any atom is -0.507 e. The molecule has 1 heterocycles. The minimum atomic E-state index is -0.872. The summed E-state index contributed by atoms with van der Waals surface area (Å²) in [7, 11) is 0. The Labute approximate surface area is 169 Å². The number of esters is 1. The molecular formula is C23H20ClNO3. The molecule has 0 unspecified atom stereocenters. The van der Waals surface area contributed by atoms with Crippen molar-refractivity contribution < 1.29 is 14.6 Å². The number of halogens is 1. The van der Waals surface area contributed by atoms with E-state index in [9.17, 15) is 9.90 Å². The molecule has 28 heavy (non-hydrogen) atoms. The number of nitrogens with zero attached hydrogens (tertiary/aromatic N) is 1. The smallest absolute Gasteiger partial charge is 0.343 e. The van der Waals surface area contributed by atoms with Crippen molar-refractivity contribution in [2.24, 2.45) is 0 Å². The Morgan fingerprint density at radius 1 is 1.14 bits per heavy atom. The first-order valence-corrected chi connectivity index (χ1v) is 9.81. The Kier molecular flexibility index (Phi) is 4.64. The van der Waals surface area contributed by atoms with Crippen LogP contribution in [0.25, 0.3) is 16.7 Å². The molecule has 1 spiro atoms. The maximum atomic E-state index is 12.6. The Balaban J connectivity index is 1.80. The van der Waals surface area contributed by atoms with E-state index in [-0.39, 0.29) is 11.3 Å². The number of aryl methyl sites for hydroxylation is 1. The second-order valence-corrected chi connectivity index (χ2v) is 7.91. The van der Waals surface area contributed by atoms with E-state index < -0.39 is 11.6 Å². The number of aliphatic hydroxyl groups excluding tert-OH is 1. The van der Waals surface area contributed by atoms with Crippen LogP contribution in [0.4, 0.5) is 0 Å². The van der Waals surface area contributed by atoms with E-state index in [1.165, 1.54) is 0 Å². The molecule has 0 saturated heterocycles. The van der Waals surface area contributed by atoms with Crippen molar-refractivity contribution in [2.75, 3.05) is 0 Å². The lowest BCUT2D eigenvalue weighted by Crippen LogP contribution is -2.34. The zero-order valence-electron chi connectivity index (χ0n) is 15.6. The lowest BCUT2D eigenvalue weighted by atomic mass is 9.82. The standard InChI is InChI=1S/C23H20ClNO3/c1-14-10-18(16-7-5-6-15(11-16)13-25)19(24)12-17(14)20-21(26)23(28-22(20)27)8-3-2-4-9-23/h5-7,10-12,26H,2-4,8-9H2,1H3. The molecule has 1 aliphatic heterocycles. The fraction of sp³-hybridized carbons (Fsp3) is 0.304. The van der Waals surface area contributed by atoms with Gasteiger partial charge in [-0.15, -0.1) is 0 Å². The SMILES string of the molecule is Cc1cc(-c2cccc(C#N)c2)c(Cl)cc1C1=C(O)C2(CCCCC2)OC1=O. The number of benzene rings is 2. The summed E-state index contributed by atoms with van der Waals surface area (Å²) in [4.78, 5) is 12.6. The number of rotatable bonds is 2. The largest absolute Gasteiger partial charge is 0.507 e. The van der Waals surface area contributed by atoms with Crippen LogP contribution >= 0.6 is 11.6 Å². The average Bonchev–Trinajstić information content (AvgIpc) is 2.93. The molecule has 4 rings (SSSR count). The molecule has 0 amide bonds. The predicted octanol–water partition coefficient (Wildman–Crippen LogP) is 5.72. The summed E-state index contributed by atoms with van der Waals surface area (Å²) < 4.78 is 5.67. The van der Waals surface area contributed by atoms with E-state index in [2.05, 4.69) is 6.07 Å². The quantitative estimate of drug-likeness (QED) is 0.663. The number of nitriles is 1. The van der Waals surface area contributed by atoms with Crippen LogP contribution in [-0.4, -0.2) is 16.7 Å². The van der Waals surface area contributed by atoms with Crippen LogP contribution in [0, 0.1) is 18.3 Å². The molecule has 2 aromatic carbocycles. The molecule has 1 fully saturated rings. The Hall–Kier alpha value is -2.77. The van der Waals surface area contributed by atoms with Crippen molar-refractivity contribution in [1.29, 1.82) is 5.26 Å². The number of carbonyl (C=O) groups excluding carboxylic acids is 1. The summed E-state index contributed by atoms with van der Waals surface area (Å²) in [6.07, 6.45) is 4.25. The first kappa shape index (κ1) is 18.6. The molecule has 1 N–H and O–H groups in total. The monoisotopic (exact) mass is 393 g/mol. The molecule has 5 heteroatoms. The molecule has 0 radical (unpaired) electrons. The summed E-state index contributed by atoms with van der Waals surface area (Å²) in [5, 5.41) is 20.5. The number of ether oxygens (including phenoxy) is 1. The van der Waals surface area contributed by atoms with Crippen molar-refractivity contribution in [3.8, 4) is 17.2 Å². The van der Waals surface area contributed by atoms with E-state index in [0.29, 0.717) is 29.0 Å². The van der Waals surface area contributed by atoms with Gasteiger partial charge in [-0.2, -0.15) is 5.26 Å². The van der Waals surface area contributed by atoms with Gasteiger partial charge in [0.2, 0.25) is 0 Å². The zero-order chi connectivity index (χ0) is 19.9. The fourth-order valence-electron chi connectivity index (χ4n) is 4.23. The molecule has 4 nitrogen and oxygen atoms in total. The summed E-state index contributed by atoms with van der Waals surface area (Å²) in [5.41, 5.74) is 2.91. The van der Waals surface area contributed by atoms with Gasteiger partial charge in [-0.3, -0.25) is 0 Å². The summed E-state index contributed by atoms with van der Waals surface area (Å²) in [6, 6.07) is 12.9. The fourth-order valence-corrected chi connectivity index (χ4v) is 4.50. The van der Waals surface area contributed by atoms with Crippen LogP contribution in [0.1, 0.15) is 48.8 Å². The highest BCUT2D eigenvalue weighted by Crippen LogP contribution is 2.46. The number of aliphatic hydroxyl groups is 1.